The van der Waals surface area contributed by atoms with Crippen molar-refractivity contribution in [2.45, 2.75) is 12.3 Å². The summed E-state index contributed by atoms with van der Waals surface area (Å²) in [6, 6.07) is 18.3. The molecule has 3 aromatic rings. The van der Waals surface area contributed by atoms with Crippen molar-refractivity contribution < 1.29 is 14.3 Å². The predicted octanol–water partition coefficient (Wildman–Crippen LogP) is 4.84. The summed E-state index contributed by atoms with van der Waals surface area (Å²) in [7, 11) is 0. The van der Waals surface area contributed by atoms with Crippen LogP contribution in [-0.4, -0.2) is 30.5 Å². The summed E-state index contributed by atoms with van der Waals surface area (Å²) in [5.74, 6) is 0.0561. The second-order valence-electron chi connectivity index (χ2n) is 7.11. The van der Waals surface area contributed by atoms with E-state index >= 15 is 0 Å². The van der Waals surface area contributed by atoms with Crippen molar-refractivity contribution in [3.63, 3.8) is 0 Å². The maximum absolute atomic E-state index is 12.1. The molecule has 150 valence electrons. The molecule has 2 aromatic carbocycles. The number of alkyl carbamates (subject to hydrolysis) is 1. The van der Waals surface area contributed by atoms with Gasteiger partial charge in [0, 0.05) is 30.4 Å². The molecule has 0 fully saturated rings. The van der Waals surface area contributed by atoms with Crippen LogP contribution in [0.3, 0.4) is 0 Å². The van der Waals surface area contributed by atoms with Crippen molar-refractivity contribution in [2.75, 3.05) is 13.2 Å². The Morgan fingerprint density at radius 1 is 1.00 bits per heavy atom. The van der Waals surface area contributed by atoms with Crippen molar-refractivity contribution in [1.29, 1.82) is 0 Å². The number of amides is 1. The van der Waals surface area contributed by atoms with Crippen LogP contribution in [0.4, 0.5) is 4.79 Å². The summed E-state index contributed by atoms with van der Waals surface area (Å²) in [6.07, 6.45) is 7.99. The molecule has 0 bridgehead atoms. The Labute approximate surface area is 175 Å². The monoisotopic (exact) mass is 398 g/mol. The van der Waals surface area contributed by atoms with Crippen LogP contribution in [0.15, 0.2) is 73.1 Å². The molecular formula is C25H22N2O3. The lowest BCUT2D eigenvalue weighted by atomic mass is 9.98. The van der Waals surface area contributed by atoms with E-state index in [9.17, 15) is 9.59 Å². The third kappa shape index (κ3) is 4.30. The van der Waals surface area contributed by atoms with Gasteiger partial charge in [-0.1, -0.05) is 60.7 Å². The van der Waals surface area contributed by atoms with E-state index in [2.05, 4.69) is 34.6 Å². The average Bonchev–Trinajstić information content (AvgIpc) is 3.11. The van der Waals surface area contributed by atoms with Gasteiger partial charge in [0.25, 0.3) is 0 Å². The first kappa shape index (κ1) is 19.6. The molecule has 4 rings (SSSR count). The molecule has 0 aliphatic heterocycles. The molecule has 1 aromatic heterocycles. The van der Waals surface area contributed by atoms with Crippen molar-refractivity contribution in [2.24, 2.45) is 0 Å². The van der Waals surface area contributed by atoms with Crippen LogP contribution in [0, 0.1) is 0 Å². The number of nitrogens with zero attached hydrogens (tertiary/aromatic N) is 1. The molecule has 1 aliphatic rings. The SMILES string of the molecule is O=Cc1cncc(C=CCCNC(=O)OCC2c3ccccc3-c3ccccc32)c1. The van der Waals surface area contributed by atoms with E-state index < -0.39 is 6.09 Å². The highest BCUT2D eigenvalue weighted by molar-refractivity contribution is 5.79. The van der Waals surface area contributed by atoms with Gasteiger partial charge < -0.3 is 10.1 Å². The second kappa shape index (κ2) is 9.18. The summed E-state index contributed by atoms with van der Waals surface area (Å²) in [5.41, 5.74) is 6.19. The standard InChI is InChI=1S/C25H22N2O3/c28-16-19-13-18(14-26-15-19)7-5-6-12-27-25(29)30-17-24-22-10-3-1-8-20(22)21-9-2-4-11-23(21)24/h1-5,7-11,13-16,24H,6,12,17H2,(H,27,29). The van der Waals surface area contributed by atoms with Gasteiger partial charge in [0.05, 0.1) is 0 Å². The highest BCUT2D eigenvalue weighted by Crippen LogP contribution is 2.44. The van der Waals surface area contributed by atoms with E-state index in [-0.39, 0.29) is 5.92 Å². The highest BCUT2D eigenvalue weighted by atomic mass is 16.5. The van der Waals surface area contributed by atoms with Crippen LogP contribution in [0.2, 0.25) is 0 Å². The summed E-state index contributed by atoms with van der Waals surface area (Å²) < 4.78 is 5.51. The van der Waals surface area contributed by atoms with Crippen LogP contribution in [0.1, 0.15) is 39.4 Å². The molecule has 30 heavy (non-hydrogen) atoms. The first-order chi connectivity index (χ1) is 14.8. The number of carbonyl (C=O) groups excluding carboxylic acids is 2. The zero-order chi connectivity index (χ0) is 20.8. The van der Waals surface area contributed by atoms with Gasteiger partial charge >= 0.3 is 6.09 Å². The smallest absolute Gasteiger partial charge is 0.407 e. The maximum atomic E-state index is 12.1. The van der Waals surface area contributed by atoms with Gasteiger partial charge in [0.15, 0.2) is 6.29 Å². The molecule has 1 N–H and O–H groups in total. The number of aldehydes is 1. The minimum atomic E-state index is -0.421. The Hall–Kier alpha value is -3.73. The Balaban J connectivity index is 1.27. The van der Waals surface area contributed by atoms with Crippen LogP contribution in [-0.2, 0) is 4.74 Å². The van der Waals surface area contributed by atoms with E-state index in [1.165, 1.54) is 28.5 Å². The fraction of sp³-hybridized carbons (Fsp3) is 0.160. The normalized spacial score (nSPS) is 12.4. The number of benzene rings is 2. The summed E-state index contributed by atoms with van der Waals surface area (Å²) in [4.78, 5) is 26.9. The summed E-state index contributed by atoms with van der Waals surface area (Å²) >= 11 is 0. The van der Waals surface area contributed by atoms with E-state index in [0.717, 1.165) is 11.8 Å². The molecule has 1 heterocycles. The van der Waals surface area contributed by atoms with Gasteiger partial charge in [-0.05, 0) is 40.3 Å². The van der Waals surface area contributed by atoms with Gasteiger partial charge in [-0.3, -0.25) is 9.78 Å². The maximum Gasteiger partial charge on any atom is 0.407 e. The molecular weight excluding hydrogens is 376 g/mol. The number of hydrogen-bond acceptors (Lipinski definition) is 4. The van der Waals surface area contributed by atoms with E-state index in [4.69, 9.17) is 4.74 Å². The molecule has 0 atom stereocenters. The number of fused-ring (bicyclic) bond motifs is 3. The lowest BCUT2D eigenvalue weighted by Crippen LogP contribution is -2.26. The molecule has 1 amide bonds. The molecule has 0 unspecified atom stereocenters. The number of nitrogens with one attached hydrogen (secondary N) is 1. The number of ether oxygens (including phenoxy) is 1. The van der Waals surface area contributed by atoms with Crippen LogP contribution < -0.4 is 5.32 Å². The zero-order valence-corrected chi connectivity index (χ0v) is 16.5. The van der Waals surface area contributed by atoms with E-state index in [1.54, 1.807) is 12.3 Å². The number of pyridine rings is 1. The first-order valence-corrected chi connectivity index (χ1v) is 9.92. The zero-order valence-electron chi connectivity index (χ0n) is 16.5. The third-order valence-electron chi connectivity index (χ3n) is 5.15. The van der Waals surface area contributed by atoms with Gasteiger partial charge in [-0.15, -0.1) is 0 Å². The lowest BCUT2D eigenvalue weighted by Gasteiger charge is -2.14. The van der Waals surface area contributed by atoms with Crippen LogP contribution in [0.25, 0.3) is 17.2 Å². The predicted molar refractivity (Wildman–Crippen MR) is 116 cm³/mol. The van der Waals surface area contributed by atoms with Crippen molar-refractivity contribution in [3.8, 4) is 11.1 Å². The molecule has 0 radical (unpaired) electrons. The van der Waals surface area contributed by atoms with Gasteiger partial charge in [-0.25, -0.2) is 4.79 Å². The average molecular weight is 398 g/mol. The summed E-state index contributed by atoms with van der Waals surface area (Å²) in [6.45, 7) is 0.772. The second-order valence-corrected chi connectivity index (χ2v) is 7.11. The fourth-order valence-corrected chi connectivity index (χ4v) is 3.76. The van der Waals surface area contributed by atoms with Crippen molar-refractivity contribution in [1.82, 2.24) is 10.3 Å². The molecule has 5 nitrogen and oxygen atoms in total. The highest BCUT2D eigenvalue weighted by Gasteiger charge is 2.28. The lowest BCUT2D eigenvalue weighted by molar-refractivity contribution is 0.112. The minimum Gasteiger partial charge on any atom is -0.449 e. The summed E-state index contributed by atoms with van der Waals surface area (Å²) in [5, 5.41) is 2.78. The van der Waals surface area contributed by atoms with Crippen molar-refractivity contribution in [3.05, 3.63) is 95.3 Å². The minimum absolute atomic E-state index is 0.0561. The number of carbonyl (C=O) groups is 2. The largest absolute Gasteiger partial charge is 0.449 e. The molecule has 0 saturated heterocycles. The molecule has 1 aliphatic carbocycles. The molecule has 5 heteroatoms. The van der Waals surface area contributed by atoms with Gasteiger partial charge in [-0.2, -0.15) is 0 Å². The van der Waals surface area contributed by atoms with Gasteiger partial charge in [0.1, 0.15) is 6.61 Å². The Morgan fingerprint density at radius 2 is 1.67 bits per heavy atom. The quantitative estimate of drug-likeness (QED) is 0.457. The van der Waals surface area contributed by atoms with Crippen LogP contribution in [0.5, 0.6) is 0 Å². The van der Waals surface area contributed by atoms with Gasteiger partial charge in [0.2, 0.25) is 0 Å². The molecule has 0 spiro atoms. The van der Waals surface area contributed by atoms with E-state index in [1.807, 2.05) is 36.4 Å². The Kier molecular flexibility index (Phi) is 5.99. The number of aromatic nitrogens is 1. The Bertz CT molecular complexity index is 1050. The number of hydrogen-bond donors (Lipinski definition) is 1. The van der Waals surface area contributed by atoms with E-state index in [0.29, 0.717) is 25.1 Å². The fourth-order valence-electron chi connectivity index (χ4n) is 3.76. The van der Waals surface area contributed by atoms with Crippen LogP contribution >= 0.6 is 0 Å². The first-order valence-electron chi connectivity index (χ1n) is 9.92. The molecule has 0 saturated carbocycles. The Morgan fingerprint density at radius 3 is 2.37 bits per heavy atom. The topological polar surface area (TPSA) is 68.3 Å². The number of rotatable bonds is 7. The van der Waals surface area contributed by atoms with Crippen molar-refractivity contribution >= 4 is 18.5 Å². The third-order valence-corrected chi connectivity index (χ3v) is 5.15.